The largest absolute Gasteiger partial charge is 0.480 e. The molecule has 0 aliphatic carbocycles. The van der Waals surface area contributed by atoms with Gasteiger partial charge in [-0.1, -0.05) is 13.8 Å². The summed E-state index contributed by atoms with van der Waals surface area (Å²) in [7, 11) is 0. The highest BCUT2D eigenvalue weighted by molar-refractivity contribution is 5.84. The Morgan fingerprint density at radius 3 is 2.56 bits per heavy atom. The minimum atomic E-state index is -1.02. The molecule has 1 heterocycles. The number of aliphatic carboxylic acids is 1. The number of rotatable bonds is 6. The van der Waals surface area contributed by atoms with E-state index in [1.807, 2.05) is 13.8 Å². The zero-order valence-electron chi connectivity index (χ0n) is 10.7. The number of carboxylic acid groups (broad SMARTS) is 1. The van der Waals surface area contributed by atoms with Gasteiger partial charge < -0.3 is 10.4 Å². The standard InChI is InChI=1S/C11H18N4O3/c1-6(2)4-8(11(17)18)13-10(16)5-9-12-7(3)14-15-9/h6,8H,4-5H2,1-3H3,(H,13,16)(H,17,18)(H,12,14,15)/t8-/m0/s1. The fourth-order valence-electron chi connectivity index (χ4n) is 1.55. The number of hydrogen-bond acceptors (Lipinski definition) is 4. The monoisotopic (exact) mass is 254 g/mol. The van der Waals surface area contributed by atoms with E-state index in [4.69, 9.17) is 5.11 Å². The molecule has 0 saturated carbocycles. The number of hydrogen-bond donors (Lipinski definition) is 3. The number of carbonyl (C=O) groups is 2. The molecule has 0 aliphatic heterocycles. The Kier molecular flexibility index (Phi) is 4.82. The Hall–Kier alpha value is -1.92. The van der Waals surface area contributed by atoms with Gasteiger partial charge in [-0.25, -0.2) is 9.78 Å². The molecule has 0 saturated heterocycles. The van der Waals surface area contributed by atoms with Crippen LogP contribution in [-0.4, -0.2) is 38.2 Å². The molecule has 3 N–H and O–H groups in total. The molecule has 0 radical (unpaired) electrons. The summed E-state index contributed by atoms with van der Waals surface area (Å²) in [5, 5.41) is 17.9. The molecule has 0 fully saturated rings. The average Bonchev–Trinajstić information content (AvgIpc) is 2.62. The van der Waals surface area contributed by atoms with Gasteiger partial charge in [-0.15, -0.1) is 0 Å². The molecule has 7 nitrogen and oxygen atoms in total. The first-order chi connectivity index (χ1) is 8.38. The molecule has 1 aromatic rings. The highest BCUT2D eigenvalue weighted by atomic mass is 16.4. The lowest BCUT2D eigenvalue weighted by Gasteiger charge is -2.15. The van der Waals surface area contributed by atoms with Crippen molar-refractivity contribution in [2.45, 2.75) is 39.7 Å². The van der Waals surface area contributed by atoms with Crippen molar-refractivity contribution in [3.63, 3.8) is 0 Å². The summed E-state index contributed by atoms with van der Waals surface area (Å²) in [6.45, 7) is 5.54. The molecule has 7 heteroatoms. The molecule has 1 aromatic heterocycles. The maximum Gasteiger partial charge on any atom is 0.326 e. The molecule has 0 spiro atoms. The Morgan fingerprint density at radius 1 is 1.44 bits per heavy atom. The first-order valence-electron chi connectivity index (χ1n) is 5.78. The number of nitrogens with zero attached hydrogens (tertiary/aromatic N) is 2. The van der Waals surface area contributed by atoms with Gasteiger partial charge in [0.05, 0.1) is 6.42 Å². The minimum Gasteiger partial charge on any atom is -0.480 e. The van der Waals surface area contributed by atoms with Gasteiger partial charge in [-0.05, 0) is 19.3 Å². The van der Waals surface area contributed by atoms with Gasteiger partial charge in [-0.2, -0.15) is 5.10 Å². The highest BCUT2D eigenvalue weighted by Crippen LogP contribution is 2.05. The third-order valence-electron chi connectivity index (χ3n) is 2.30. The second kappa shape index (κ2) is 6.13. The van der Waals surface area contributed by atoms with Crippen LogP contribution in [0.5, 0.6) is 0 Å². The van der Waals surface area contributed by atoms with Crippen LogP contribution >= 0.6 is 0 Å². The summed E-state index contributed by atoms with van der Waals surface area (Å²) in [6.07, 6.45) is 0.375. The molecule has 0 bridgehead atoms. The molecular formula is C11H18N4O3. The van der Waals surface area contributed by atoms with Crippen LogP contribution in [0, 0.1) is 12.8 Å². The second-order valence-electron chi connectivity index (χ2n) is 4.60. The van der Waals surface area contributed by atoms with Crippen LogP contribution in [0.4, 0.5) is 0 Å². The lowest BCUT2D eigenvalue weighted by atomic mass is 10.0. The fraction of sp³-hybridized carbons (Fsp3) is 0.636. The maximum absolute atomic E-state index is 11.6. The number of carboxylic acids is 1. The van der Waals surface area contributed by atoms with Crippen molar-refractivity contribution in [2.75, 3.05) is 0 Å². The van der Waals surface area contributed by atoms with Gasteiger partial charge in [-0.3, -0.25) is 9.89 Å². The van der Waals surface area contributed by atoms with Gasteiger partial charge in [0, 0.05) is 0 Å². The number of H-pyrrole nitrogens is 1. The third-order valence-corrected chi connectivity index (χ3v) is 2.30. The molecule has 0 unspecified atom stereocenters. The van der Waals surface area contributed by atoms with Crippen molar-refractivity contribution in [1.82, 2.24) is 20.5 Å². The molecule has 0 aromatic carbocycles. The van der Waals surface area contributed by atoms with Gasteiger partial charge >= 0.3 is 5.97 Å². The zero-order valence-corrected chi connectivity index (χ0v) is 10.7. The van der Waals surface area contributed by atoms with Gasteiger partial charge in [0.2, 0.25) is 5.91 Å². The van der Waals surface area contributed by atoms with Crippen LogP contribution in [0.2, 0.25) is 0 Å². The van der Waals surface area contributed by atoms with E-state index in [0.717, 1.165) is 0 Å². The van der Waals surface area contributed by atoms with Crippen molar-refractivity contribution in [3.05, 3.63) is 11.6 Å². The Morgan fingerprint density at radius 2 is 2.11 bits per heavy atom. The van der Waals surface area contributed by atoms with E-state index in [1.165, 1.54) is 0 Å². The first kappa shape index (κ1) is 14.1. The van der Waals surface area contributed by atoms with Gasteiger partial charge in [0.15, 0.2) is 5.82 Å². The molecule has 100 valence electrons. The van der Waals surface area contributed by atoms with Crippen LogP contribution in [0.25, 0.3) is 0 Å². The van der Waals surface area contributed by atoms with E-state index in [-0.39, 0.29) is 18.2 Å². The Balaban J connectivity index is 2.53. The van der Waals surface area contributed by atoms with Gasteiger partial charge in [0.1, 0.15) is 11.9 Å². The molecule has 18 heavy (non-hydrogen) atoms. The molecule has 1 rings (SSSR count). The van der Waals surface area contributed by atoms with Crippen molar-refractivity contribution in [3.8, 4) is 0 Å². The number of nitrogens with one attached hydrogen (secondary N) is 2. The summed E-state index contributed by atoms with van der Waals surface area (Å²) in [4.78, 5) is 26.6. The van der Waals surface area contributed by atoms with Crippen LogP contribution in [0.1, 0.15) is 31.9 Å². The summed E-state index contributed by atoms with van der Waals surface area (Å²) >= 11 is 0. The van der Waals surface area contributed by atoms with E-state index in [0.29, 0.717) is 18.1 Å². The van der Waals surface area contributed by atoms with E-state index >= 15 is 0 Å². The van der Waals surface area contributed by atoms with Crippen LogP contribution in [0.15, 0.2) is 0 Å². The van der Waals surface area contributed by atoms with E-state index < -0.39 is 12.0 Å². The highest BCUT2D eigenvalue weighted by Gasteiger charge is 2.21. The fourth-order valence-corrected chi connectivity index (χ4v) is 1.55. The number of amides is 1. The number of aromatic nitrogens is 3. The number of aromatic amines is 1. The SMILES string of the molecule is Cc1nc(CC(=O)N[C@@H](CC(C)C)C(=O)O)n[nH]1. The van der Waals surface area contributed by atoms with Crippen LogP contribution in [0.3, 0.4) is 0 Å². The first-order valence-corrected chi connectivity index (χ1v) is 5.78. The van der Waals surface area contributed by atoms with Crippen molar-refractivity contribution < 1.29 is 14.7 Å². The molecule has 1 atom stereocenters. The normalized spacial score (nSPS) is 12.4. The smallest absolute Gasteiger partial charge is 0.326 e. The number of carbonyl (C=O) groups excluding carboxylic acids is 1. The molecular weight excluding hydrogens is 236 g/mol. The quantitative estimate of drug-likeness (QED) is 0.675. The summed E-state index contributed by atoms with van der Waals surface area (Å²) < 4.78 is 0. The second-order valence-corrected chi connectivity index (χ2v) is 4.60. The van der Waals surface area contributed by atoms with Crippen molar-refractivity contribution in [2.24, 2.45) is 5.92 Å². The maximum atomic E-state index is 11.6. The van der Waals surface area contributed by atoms with Crippen molar-refractivity contribution >= 4 is 11.9 Å². The third kappa shape index (κ3) is 4.52. The molecule has 1 amide bonds. The van der Waals surface area contributed by atoms with Crippen LogP contribution < -0.4 is 5.32 Å². The topological polar surface area (TPSA) is 108 Å². The minimum absolute atomic E-state index is 0.0216. The van der Waals surface area contributed by atoms with E-state index in [1.54, 1.807) is 6.92 Å². The van der Waals surface area contributed by atoms with Crippen molar-refractivity contribution in [1.29, 1.82) is 0 Å². The van der Waals surface area contributed by atoms with Gasteiger partial charge in [0.25, 0.3) is 0 Å². The number of aryl methyl sites for hydroxylation is 1. The lowest BCUT2D eigenvalue weighted by molar-refractivity contribution is -0.142. The van der Waals surface area contributed by atoms with E-state index in [2.05, 4.69) is 20.5 Å². The zero-order chi connectivity index (χ0) is 13.7. The Labute approximate surface area is 105 Å². The Bertz CT molecular complexity index is 428. The summed E-state index contributed by atoms with van der Waals surface area (Å²) in [6, 6.07) is -0.863. The predicted octanol–water partition coefficient (Wildman–Crippen LogP) is 0.271. The molecule has 0 aliphatic rings. The summed E-state index contributed by atoms with van der Waals surface area (Å²) in [5.74, 6) is -0.240. The van der Waals surface area contributed by atoms with E-state index in [9.17, 15) is 9.59 Å². The predicted molar refractivity (Wildman–Crippen MR) is 63.8 cm³/mol. The lowest BCUT2D eigenvalue weighted by Crippen LogP contribution is -2.42. The summed E-state index contributed by atoms with van der Waals surface area (Å²) in [5.41, 5.74) is 0. The average molecular weight is 254 g/mol. The van der Waals surface area contributed by atoms with Crippen LogP contribution in [-0.2, 0) is 16.0 Å².